The summed E-state index contributed by atoms with van der Waals surface area (Å²) in [5.74, 6) is 0.473. The van der Waals surface area contributed by atoms with Gasteiger partial charge in [0.2, 0.25) is 0 Å². The molecule has 18 heavy (non-hydrogen) atoms. The lowest BCUT2D eigenvalue weighted by atomic mass is 10.4. The number of imidazole rings is 1. The SMILES string of the molecule is Nc1ncnc2c1cnn2CCCn1ccnc1. The number of aryl methyl sites for hydroxylation is 2. The van der Waals surface area contributed by atoms with Crippen LogP contribution in [0.25, 0.3) is 11.0 Å². The third-order valence-electron chi connectivity index (χ3n) is 2.81. The van der Waals surface area contributed by atoms with Crippen molar-refractivity contribution in [3.63, 3.8) is 0 Å². The van der Waals surface area contributed by atoms with Crippen LogP contribution in [0.2, 0.25) is 0 Å². The molecule has 0 spiro atoms. The summed E-state index contributed by atoms with van der Waals surface area (Å²) in [7, 11) is 0. The van der Waals surface area contributed by atoms with E-state index in [-0.39, 0.29) is 0 Å². The molecule has 0 radical (unpaired) electrons. The van der Waals surface area contributed by atoms with Gasteiger partial charge in [-0.25, -0.2) is 19.6 Å². The van der Waals surface area contributed by atoms with Crippen molar-refractivity contribution in [2.45, 2.75) is 19.5 Å². The van der Waals surface area contributed by atoms with Crippen molar-refractivity contribution in [3.05, 3.63) is 31.2 Å². The molecular weight excluding hydrogens is 230 g/mol. The Balaban J connectivity index is 1.73. The van der Waals surface area contributed by atoms with E-state index in [1.807, 2.05) is 15.4 Å². The molecule has 0 aromatic carbocycles. The molecule has 0 bridgehead atoms. The zero-order chi connectivity index (χ0) is 12.4. The second-order valence-corrected chi connectivity index (χ2v) is 4.02. The van der Waals surface area contributed by atoms with Gasteiger partial charge in [-0.2, -0.15) is 5.10 Å². The monoisotopic (exact) mass is 243 g/mol. The van der Waals surface area contributed by atoms with E-state index in [4.69, 9.17) is 5.73 Å². The highest BCUT2D eigenvalue weighted by Gasteiger charge is 2.06. The van der Waals surface area contributed by atoms with Gasteiger partial charge in [0.25, 0.3) is 0 Å². The lowest BCUT2D eigenvalue weighted by Crippen LogP contribution is -2.05. The van der Waals surface area contributed by atoms with Crippen molar-refractivity contribution in [2.75, 3.05) is 5.73 Å². The number of fused-ring (bicyclic) bond motifs is 1. The topological polar surface area (TPSA) is 87.4 Å². The Morgan fingerprint density at radius 3 is 3.00 bits per heavy atom. The second-order valence-electron chi connectivity index (χ2n) is 4.02. The average Bonchev–Trinajstić information content (AvgIpc) is 3.00. The molecule has 92 valence electrons. The molecule has 7 heteroatoms. The number of rotatable bonds is 4. The molecule has 3 aromatic heterocycles. The number of anilines is 1. The molecule has 0 unspecified atom stereocenters. The van der Waals surface area contributed by atoms with Gasteiger partial charge < -0.3 is 10.3 Å². The lowest BCUT2D eigenvalue weighted by Gasteiger charge is -2.04. The molecule has 0 aliphatic carbocycles. The van der Waals surface area contributed by atoms with Crippen LogP contribution in [-0.4, -0.2) is 29.3 Å². The molecule has 3 heterocycles. The van der Waals surface area contributed by atoms with E-state index < -0.39 is 0 Å². The first-order chi connectivity index (χ1) is 8.84. The Kier molecular flexibility index (Phi) is 2.64. The summed E-state index contributed by atoms with van der Waals surface area (Å²) in [4.78, 5) is 12.2. The fraction of sp³-hybridized carbons (Fsp3) is 0.273. The Bertz CT molecular complexity index is 641. The van der Waals surface area contributed by atoms with E-state index in [0.29, 0.717) is 5.82 Å². The first-order valence-corrected chi connectivity index (χ1v) is 5.72. The van der Waals surface area contributed by atoms with Crippen molar-refractivity contribution < 1.29 is 0 Å². The maximum absolute atomic E-state index is 5.76. The van der Waals surface area contributed by atoms with Crippen LogP contribution in [0, 0.1) is 0 Å². The van der Waals surface area contributed by atoms with E-state index in [1.165, 1.54) is 6.33 Å². The standard InChI is InChI=1S/C11H13N7/c12-10-9-6-16-18(11(9)15-7-14-10)4-1-3-17-5-2-13-8-17/h2,5-8H,1,3-4H2,(H2,12,14,15). The third-order valence-corrected chi connectivity index (χ3v) is 2.81. The molecule has 3 rings (SSSR count). The minimum absolute atomic E-state index is 0.473. The summed E-state index contributed by atoms with van der Waals surface area (Å²) < 4.78 is 3.89. The number of nitrogens with zero attached hydrogens (tertiary/aromatic N) is 6. The Labute approximate surface area is 103 Å². The first-order valence-electron chi connectivity index (χ1n) is 5.72. The van der Waals surface area contributed by atoms with Gasteiger partial charge in [0.05, 0.1) is 17.9 Å². The van der Waals surface area contributed by atoms with Gasteiger partial charge in [0.1, 0.15) is 12.1 Å². The molecule has 0 aliphatic heterocycles. The zero-order valence-corrected chi connectivity index (χ0v) is 9.77. The minimum atomic E-state index is 0.473. The first kappa shape index (κ1) is 10.7. The molecular formula is C11H13N7. The number of nitrogens with two attached hydrogens (primary N) is 1. The Hall–Kier alpha value is -2.44. The van der Waals surface area contributed by atoms with Crippen LogP contribution in [0.4, 0.5) is 5.82 Å². The summed E-state index contributed by atoms with van der Waals surface area (Å²) in [6.45, 7) is 1.69. The predicted octanol–water partition coefficient (Wildman–Crippen LogP) is 0.695. The van der Waals surface area contributed by atoms with Crippen LogP contribution in [-0.2, 0) is 13.1 Å². The number of hydrogen-bond acceptors (Lipinski definition) is 5. The van der Waals surface area contributed by atoms with Gasteiger partial charge in [-0.15, -0.1) is 0 Å². The largest absolute Gasteiger partial charge is 0.383 e. The molecule has 3 aromatic rings. The fourth-order valence-electron chi connectivity index (χ4n) is 1.90. The van der Waals surface area contributed by atoms with Gasteiger partial charge in [-0.3, -0.25) is 0 Å². The summed E-state index contributed by atoms with van der Waals surface area (Å²) in [6.07, 6.45) is 9.66. The molecule has 0 saturated carbocycles. The molecule has 0 aliphatic rings. The van der Waals surface area contributed by atoms with E-state index in [1.54, 1.807) is 18.7 Å². The van der Waals surface area contributed by atoms with Crippen molar-refractivity contribution >= 4 is 16.9 Å². The molecule has 0 amide bonds. The minimum Gasteiger partial charge on any atom is -0.383 e. The van der Waals surface area contributed by atoms with Gasteiger partial charge in [-0.05, 0) is 6.42 Å². The fourth-order valence-corrected chi connectivity index (χ4v) is 1.90. The highest BCUT2D eigenvalue weighted by Crippen LogP contribution is 2.15. The van der Waals surface area contributed by atoms with Crippen molar-refractivity contribution in [1.29, 1.82) is 0 Å². The summed E-state index contributed by atoms with van der Waals surface area (Å²) in [6, 6.07) is 0. The van der Waals surface area contributed by atoms with Gasteiger partial charge in [-0.1, -0.05) is 0 Å². The number of nitrogen functional groups attached to an aromatic ring is 1. The number of aromatic nitrogens is 6. The third kappa shape index (κ3) is 1.90. The molecule has 7 nitrogen and oxygen atoms in total. The molecule has 0 fully saturated rings. The Morgan fingerprint density at radius 2 is 2.17 bits per heavy atom. The second kappa shape index (κ2) is 4.44. The predicted molar refractivity (Wildman–Crippen MR) is 66.6 cm³/mol. The zero-order valence-electron chi connectivity index (χ0n) is 9.77. The highest BCUT2D eigenvalue weighted by atomic mass is 15.3. The van der Waals surface area contributed by atoms with E-state index in [9.17, 15) is 0 Å². The maximum Gasteiger partial charge on any atom is 0.163 e. The van der Waals surface area contributed by atoms with Crippen LogP contribution in [0.1, 0.15) is 6.42 Å². The number of hydrogen-bond donors (Lipinski definition) is 1. The Morgan fingerprint density at radius 1 is 1.22 bits per heavy atom. The average molecular weight is 243 g/mol. The van der Waals surface area contributed by atoms with E-state index in [0.717, 1.165) is 30.5 Å². The van der Waals surface area contributed by atoms with Gasteiger partial charge in [0.15, 0.2) is 5.65 Å². The highest BCUT2D eigenvalue weighted by molar-refractivity contribution is 5.84. The quantitative estimate of drug-likeness (QED) is 0.728. The summed E-state index contributed by atoms with van der Waals surface area (Å²) in [5.41, 5.74) is 6.54. The van der Waals surface area contributed by atoms with E-state index >= 15 is 0 Å². The molecule has 0 atom stereocenters. The normalized spacial score (nSPS) is 11.1. The van der Waals surface area contributed by atoms with E-state index in [2.05, 4.69) is 20.1 Å². The lowest BCUT2D eigenvalue weighted by molar-refractivity contribution is 0.535. The van der Waals surface area contributed by atoms with Crippen LogP contribution in [0.5, 0.6) is 0 Å². The van der Waals surface area contributed by atoms with Crippen LogP contribution < -0.4 is 5.73 Å². The van der Waals surface area contributed by atoms with Gasteiger partial charge in [0, 0.05) is 25.5 Å². The van der Waals surface area contributed by atoms with Crippen molar-refractivity contribution in [2.24, 2.45) is 0 Å². The molecule has 2 N–H and O–H groups in total. The van der Waals surface area contributed by atoms with Gasteiger partial charge >= 0.3 is 0 Å². The van der Waals surface area contributed by atoms with Crippen LogP contribution >= 0.6 is 0 Å². The van der Waals surface area contributed by atoms with Crippen LogP contribution in [0.3, 0.4) is 0 Å². The van der Waals surface area contributed by atoms with Crippen molar-refractivity contribution in [3.8, 4) is 0 Å². The smallest absolute Gasteiger partial charge is 0.163 e. The molecule has 0 saturated heterocycles. The van der Waals surface area contributed by atoms with Crippen molar-refractivity contribution in [1.82, 2.24) is 29.3 Å². The van der Waals surface area contributed by atoms with Crippen LogP contribution in [0.15, 0.2) is 31.2 Å². The summed E-state index contributed by atoms with van der Waals surface area (Å²) >= 11 is 0. The summed E-state index contributed by atoms with van der Waals surface area (Å²) in [5, 5.41) is 5.09. The maximum atomic E-state index is 5.76.